The fourth-order valence-electron chi connectivity index (χ4n) is 8.68. The van der Waals surface area contributed by atoms with E-state index in [2.05, 4.69) is 13.2 Å². The molecule has 0 bridgehead atoms. The Kier molecular flexibility index (Phi) is 24.1. The highest BCUT2D eigenvalue weighted by Gasteiger charge is 2.30. The van der Waals surface area contributed by atoms with Gasteiger partial charge in [-0.15, -0.1) is 0 Å². The van der Waals surface area contributed by atoms with Gasteiger partial charge in [0.2, 0.25) is 0 Å². The first kappa shape index (κ1) is 56.4. The van der Waals surface area contributed by atoms with Crippen LogP contribution in [0, 0.1) is 23.7 Å². The topological polar surface area (TPSA) is 187 Å². The predicted molar refractivity (Wildman–Crippen MR) is 273 cm³/mol. The lowest BCUT2D eigenvalue weighted by Crippen LogP contribution is -2.28. The van der Waals surface area contributed by atoms with Gasteiger partial charge in [0.05, 0.1) is 51.5 Å². The van der Waals surface area contributed by atoms with Gasteiger partial charge in [-0.1, -0.05) is 37.4 Å². The summed E-state index contributed by atoms with van der Waals surface area (Å²) in [5.74, 6) is 0.926. The van der Waals surface area contributed by atoms with Gasteiger partial charge in [0.1, 0.15) is 23.0 Å². The van der Waals surface area contributed by atoms with Crippen LogP contribution in [0.15, 0.2) is 110 Å². The average molecular weight is 1020 g/mol. The molecule has 74 heavy (non-hydrogen) atoms. The lowest BCUT2D eigenvalue weighted by Gasteiger charge is -2.26. The van der Waals surface area contributed by atoms with E-state index in [4.69, 9.17) is 52.7 Å². The smallest absolute Gasteiger partial charge is 0.349 e. The molecule has 0 atom stereocenters. The summed E-state index contributed by atoms with van der Waals surface area (Å²) in [6.45, 7) is 8.90. The fraction of sp³-hybridized carbons (Fsp3) is 0.466. The molecule has 0 unspecified atom stereocenters. The normalized spacial score (nSPS) is 17.2. The fourth-order valence-corrected chi connectivity index (χ4v) is 8.68. The molecule has 2 aliphatic rings. The largest absolute Gasteiger partial charge is 0.494 e. The van der Waals surface area contributed by atoms with Crippen molar-refractivity contribution in [1.82, 2.24) is 0 Å². The van der Waals surface area contributed by atoms with E-state index in [1.54, 1.807) is 54.6 Å². The molecule has 0 spiro atoms. The van der Waals surface area contributed by atoms with Gasteiger partial charge >= 0.3 is 29.8 Å². The Morgan fingerprint density at radius 3 is 1.42 bits per heavy atom. The number of fused-ring (bicyclic) bond motifs is 1. The molecule has 6 rings (SSSR count). The molecule has 0 heterocycles. The van der Waals surface area contributed by atoms with E-state index in [1.165, 1.54) is 0 Å². The summed E-state index contributed by atoms with van der Waals surface area (Å²) in [4.78, 5) is 83.5. The predicted octanol–water partition coefficient (Wildman–Crippen LogP) is 11.2. The first-order valence-corrected chi connectivity index (χ1v) is 25.9. The van der Waals surface area contributed by atoms with Gasteiger partial charge in [0.25, 0.3) is 0 Å². The number of unbranched alkanes of at least 4 members (excludes halogenated alkanes) is 6. The summed E-state index contributed by atoms with van der Waals surface area (Å²) in [7, 11) is 0. The Morgan fingerprint density at radius 2 is 0.892 bits per heavy atom. The molecular formula is C58H70O16. The second-order valence-electron chi connectivity index (χ2n) is 18.5. The van der Waals surface area contributed by atoms with E-state index in [0.717, 1.165) is 95.0 Å². The molecule has 2 fully saturated rings. The molecule has 4 aromatic carbocycles. The van der Waals surface area contributed by atoms with Gasteiger partial charge in [-0.2, -0.15) is 9.78 Å². The van der Waals surface area contributed by atoms with Gasteiger partial charge in [0.15, 0.2) is 18.1 Å². The van der Waals surface area contributed by atoms with Crippen molar-refractivity contribution in [3.63, 3.8) is 0 Å². The Bertz CT molecular complexity index is 2380. The van der Waals surface area contributed by atoms with Crippen LogP contribution < -0.4 is 28.7 Å². The van der Waals surface area contributed by atoms with Gasteiger partial charge in [-0.05, 0) is 175 Å². The molecule has 4 aromatic rings. The maximum Gasteiger partial charge on any atom is 0.349 e. The van der Waals surface area contributed by atoms with Gasteiger partial charge in [-0.3, -0.25) is 9.59 Å². The van der Waals surface area contributed by atoms with Crippen LogP contribution in [0.25, 0.3) is 10.8 Å². The minimum atomic E-state index is -0.700. The molecule has 2 saturated carbocycles. The van der Waals surface area contributed by atoms with E-state index in [0.29, 0.717) is 105 Å². The van der Waals surface area contributed by atoms with E-state index < -0.39 is 30.5 Å². The summed E-state index contributed by atoms with van der Waals surface area (Å²) in [6, 6.07) is 24.9. The molecular weight excluding hydrogens is 953 g/mol. The van der Waals surface area contributed by atoms with Crippen molar-refractivity contribution in [2.45, 2.75) is 103 Å². The zero-order valence-corrected chi connectivity index (χ0v) is 42.3. The summed E-state index contributed by atoms with van der Waals surface area (Å²) in [6.07, 6.45) is 15.1. The summed E-state index contributed by atoms with van der Waals surface area (Å²) >= 11 is 0. The molecule has 2 aliphatic carbocycles. The van der Waals surface area contributed by atoms with Crippen molar-refractivity contribution >= 4 is 40.6 Å². The number of hydrogen-bond acceptors (Lipinski definition) is 16. The quantitative estimate of drug-likeness (QED) is 0.00854. The number of hydrogen-bond donors (Lipinski definition) is 0. The molecule has 16 heteroatoms. The van der Waals surface area contributed by atoms with Gasteiger partial charge < -0.3 is 42.9 Å². The summed E-state index contributed by atoms with van der Waals surface area (Å²) in [5.41, 5.74) is 0. The van der Waals surface area contributed by atoms with E-state index in [9.17, 15) is 24.0 Å². The van der Waals surface area contributed by atoms with Crippen LogP contribution >= 0.6 is 0 Å². The highest BCUT2D eigenvalue weighted by Crippen LogP contribution is 2.35. The molecule has 0 saturated heterocycles. The monoisotopic (exact) mass is 1020 g/mol. The number of carbonyl (C=O) groups is 5. The zero-order valence-electron chi connectivity index (χ0n) is 42.3. The van der Waals surface area contributed by atoms with Crippen molar-refractivity contribution < 1.29 is 76.7 Å². The number of ether oxygens (including phenoxy) is 7. The minimum absolute atomic E-state index is 0.198. The lowest BCUT2D eigenvalue weighted by atomic mass is 9.82. The first-order chi connectivity index (χ1) is 36.2. The highest BCUT2D eigenvalue weighted by atomic mass is 17.2. The maximum atomic E-state index is 13.0. The van der Waals surface area contributed by atoms with Crippen LogP contribution in [0.4, 0.5) is 0 Å². The summed E-state index contributed by atoms with van der Waals surface area (Å²) in [5, 5.41) is 1.30. The number of benzene rings is 4. The Morgan fingerprint density at radius 1 is 0.446 bits per heavy atom. The maximum absolute atomic E-state index is 13.0. The molecule has 0 aromatic heterocycles. The number of rotatable bonds is 32. The standard InChI is InChI=1S/C58H70O16/c1-3-54(59)66-37-13-7-5-11-35-64-46-25-29-48(30-26-46)71-58(63)45-23-19-43(20-24-45)40-70-74-53-34-33-52(50-15-9-10-16-51(50)53)72-56(61)41-68-57(62)44-21-17-42(18-22-44)39-69-73-49-31-27-47(28-32-49)65-36-12-6-8-14-38-67-55(60)4-2/h3-4,9-10,15-16,25-34,42-45H,1-2,5-8,11-14,17-24,35-41H2. The third-order valence-electron chi connectivity index (χ3n) is 13.0. The van der Waals surface area contributed by atoms with E-state index in [-0.39, 0.29) is 29.6 Å². The Balaban J connectivity index is 0.804. The van der Waals surface area contributed by atoms with Crippen LogP contribution in [0.2, 0.25) is 0 Å². The van der Waals surface area contributed by atoms with Gasteiger partial charge in [-0.25, -0.2) is 14.4 Å². The second-order valence-corrected chi connectivity index (χ2v) is 18.5. The lowest BCUT2D eigenvalue weighted by molar-refractivity contribution is -0.218. The van der Waals surface area contributed by atoms with Crippen molar-refractivity contribution in [3.8, 4) is 34.5 Å². The Hall–Kier alpha value is -6.91. The minimum Gasteiger partial charge on any atom is -0.494 e. The SMILES string of the molecule is C=CC(=O)OCCCCCCOc1ccc(OOCC2CCC(C(=O)OCC(=O)Oc3ccc(OOCC4CCC(C(=O)Oc5ccc(OCCCCCCOC(=O)C=C)cc5)CC4)c4ccccc34)CC2)cc1. The average Bonchev–Trinajstić information content (AvgIpc) is 3.43. The second kappa shape index (κ2) is 31.6. The van der Waals surface area contributed by atoms with Crippen molar-refractivity contribution in [1.29, 1.82) is 0 Å². The molecule has 0 amide bonds. The highest BCUT2D eigenvalue weighted by molar-refractivity contribution is 5.95. The zero-order chi connectivity index (χ0) is 52.2. The molecule has 0 radical (unpaired) electrons. The molecule has 398 valence electrons. The Labute approximate surface area is 433 Å². The van der Waals surface area contributed by atoms with Crippen molar-refractivity contribution in [3.05, 3.63) is 110 Å². The van der Waals surface area contributed by atoms with Crippen LogP contribution in [0.5, 0.6) is 34.5 Å². The molecule has 0 N–H and O–H groups in total. The van der Waals surface area contributed by atoms with Gasteiger partial charge in [0, 0.05) is 22.9 Å². The van der Waals surface area contributed by atoms with E-state index >= 15 is 0 Å². The first-order valence-electron chi connectivity index (χ1n) is 25.9. The number of esters is 5. The van der Waals surface area contributed by atoms with Crippen molar-refractivity contribution in [2.24, 2.45) is 23.7 Å². The van der Waals surface area contributed by atoms with Crippen LogP contribution in [0.1, 0.15) is 103 Å². The summed E-state index contributed by atoms with van der Waals surface area (Å²) < 4.78 is 38.3. The molecule has 0 aliphatic heterocycles. The number of carbonyl (C=O) groups excluding carboxylic acids is 5. The van der Waals surface area contributed by atoms with Crippen LogP contribution in [0.3, 0.4) is 0 Å². The third kappa shape index (κ3) is 19.8. The van der Waals surface area contributed by atoms with Crippen molar-refractivity contribution in [2.75, 3.05) is 46.2 Å². The van der Waals surface area contributed by atoms with Crippen LogP contribution in [-0.2, 0) is 48.0 Å². The molecule has 16 nitrogen and oxygen atoms in total. The van der Waals surface area contributed by atoms with E-state index in [1.807, 2.05) is 30.3 Å². The third-order valence-corrected chi connectivity index (χ3v) is 13.0. The van der Waals surface area contributed by atoms with Crippen LogP contribution in [-0.4, -0.2) is 76.1 Å².